The first kappa shape index (κ1) is 33.7. The predicted molar refractivity (Wildman–Crippen MR) is 257 cm³/mol. The van der Waals surface area contributed by atoms with Gasteiger partial charge in [-0.15, -0.1) is 11.3 Å². The molecule has 3 heterocycles. The Morgan fingerprint density at radius 2 is 0.983 bits per heavy atom. The van der Waals surface area contributed by atoms with Crippen molar-refractivity contribution in [3.63, 3.8) is 0 Å². The number of benzene rings is 9. The zero-order chi connectivity index (χ0) is 39.7. The molecule has 0 amide bonds. The van der Waals surface area contributed by atoms with Crippen LogP contribution in [0.5, 0.6) is 0 Å². The molecule has 0 saturated heterocycles. The van der Waals surface area contributed by atoms with Crippen LogP contribution in [-0.2, 0) is 5.41 Å². The summed E-state index contributed by atoms with van der Waals surface area (Å²) >= 11 is 1.87. The quantitative estimate of drug-likeness (QED) is 0.169. The van der Waals surface area contributed by atoms with E-state index in [9.17, 15) is 0 Å². The van der Waals surface area contributed by atoms with Gasteiger partial charge < -0.3 is 9.30 Å². The second kappa shape index (κ2) is 12.4. The summed E-state index contributed by atoms with van der Waals surface area (Å²) in [7, 11) is 0. The Labute approximate surface area is 352 Å². The van der Waals surface area contributed by atoms with E-state index >= 15 is 0 Å². The van der Waals surface area contributed by atoms with Crippen molar-refractivity contribution in [1.82, 2.24) is 4.40 Å². The van der Waals surface area contributed by atoms with Crippen molar-refractivity contribution < 1.29 is 0 Å². The van der Waals surface area contributed by atoms with E-state index in [2.05, 4.69) is 217 Å². The van der Waals surface area contributed by atoms with E-state index in [1.807, 2.05) is 11.3 Å². The van der Waals surface area contributed by atoms with Gasteiger partial charge in [0.1, 0.15) is 0 Å². The first-order valence-electron chi connectivity index (χ1n) is 20.8. The lowest BCUT2D eigenvalue weighted by molar-refractivity contribution is 0.660. The summed E-state index contributed by atoms with van der Waals surface area (Å²) in [6.45, 7) is 4.71. The fraction of sp³-hybridized carbons (Fsp3) is 0.0526. The van der Waals surface area contributed by atoms with Gasteiger partial charge in [-0.05, 0) is 111 Å². The molecule has 0 saturated carbocycles. The lowest BCUT2D eigenvalue weighted by atomic mass is 9.81. The van der Waals surface area contributed by atoms with Crippen LogP contribution in [0.25, 0.3) is 91.6 Å². The Balaban J connectivity index is 0.974. The molecule has 1 aliphatic carbocycles. The molecule has 13 rings (SSSR count). The Morgan fingerprint density at radius 1 is 0.417 bits per heavy atom. The highest BCUT2D eigenvalue weighted by atomic mass is 32.1. The molecule has 3 aromatic heterocycles. The number of hydrogen-bond acceptors (Lipinski definition) is 2. The summed E-state index contributed by atoms with van der Waals surface area (Å²) in [6.07, 6.45) is 0. The molecule has 9 aromatic carbocycles. The molecular formula is C57H38N2S. The molecule has 12 aromatic rings. The standard InChI is InChI=1S/C57H38N2S/c1-57(2)48-15-7-3-11-41(48)42-29-23-38(34-49(42)57)36-21-27-40(28-22-36)58(39-25-19-35(20-26-39)37-24-32-54-47(33-37)44-13-6-10-18-53(44)60-54)52-31-30-45-43-12-4-8-16-50(43)59-51-17-9-5-14-46(51)55(52)56(45)59/h3-34H,1-2H3. The van der Waals surface area contributed by atoms with Crippen LogP contribution >= 0.6 is 11.3 Å². The van der Waals surface area contributed by atoms with E-state index in [0.717, 1.165) is 11.4 Å². The smallest absolute Gasteiger partial charge is 0.0641 e. The average Bonchev–Trinajstić information content (AvgIpc) is 4.02. The van der Waals surface area contributed by atoms with Gasteiger partial charge in [0, 0.05) is 58.5 Å². The van der Waals surface area contributed by atoms with Crippen molar-refractivity contribution in [3.8, 4) is 33.4 Å². The molecule has 282 valence electrons. The first-order chi connectivity index (χ1) is 29.5. The highest BCUT2D eigenvalue weighted by Crippen LogP contribution is 2.51. The van der Waals surface area contributed by atoms with Crippen LogP contribution in [0, 0.1) is 0 Å². The zero-order valence-corrected chi connectivity index (χ0v) is 34.1. The van der Waals surface area contributed by atoms with Gasteiger partial charge in [0.2, 0.25) is 0 Å². The maximum absolute atomic E-state index is 2.47. The summed E-state index contributed by atoms with van der Waals surface area (Å²) in [5, 5.41) is 7.74. The predicted octanol–water partition coefficient (Wildman–Crippen LogP) is 16.3. The van der Waals surface area contributed by atoms with Gasteiger partial charge in [-0.1, -0.05) is 141 Å². The van der Waals surface area contributed by atoms with Crippen LogP contribution in [0.15, 0.2) is 194 Å². The molecule has 60 heavy (non-hydrogen) atoms. The van der Waals surface area contributed by atoms with E-state index in [4.69, 9.17) is 0 Å². The van der Waals surface area contributed by atoms with Crippen molar-refractivity contribution in [1.29, 1.82) is 0 Å². The number of hydrogen-bond donors (Lipinski definition) is 0. The normalized spacial score (nSPS) is 13.3. The number of aromatic nitrogens is 1. The zero-order valence-electron chi connectivity index (χ0n) is 33.3. The molecule has 0 unspecified atom stereocenters. The molecule has 0 aliphatic heterocycles. The maximum atomic E-state index is 2.47. The van der Waals surface area contributed by atoms with Crippen molar-refractivity contribution in [3.05, 3.63) is 205 Å². The number of anilines is 3. The molecule has 0 bridgehead atoms. The fourth-order valence-corrected chi connectivity index (χ4v) is 11.5. The molecule has 0 atom stereocenters. The van der Waals surface area contributed by atoms with Crippen molar-refractivity contribution >= 4 is 86.7 Å². The fourth-order valence-electron chi connectivity index (χ4n) is 10.5. The van der Waals surface area contributed by atoms with Gasteiger partial charge in [-0.25, -0.2) is 0 Å². The summed E-state index contributed by atoms with van der Waals surface area (Å²) in [5.41, 5.74) is 17.5. The third-order valence-electron chi connectivity index (χ3n) is 13.3. The topological polar surface area (TPSA) is 7.65 Å². The molecular weight excluding hydrogens is 745 g/mol. The minimum Gasteiger partial charge on any atom is -0.310 e. The van der Waals surface area contributed by atoms with Crippen molar-refractivity contribution in [2.45, 2.75) is 19.3 Å². The molecule has 1 aliphatic rings. The molecule has 0 fully saturated rings. The van der Waals surface area contributed by atoms with E-state index in [0.29, 0.717) is 0 Å². The largest absolute Gasteiger partial charge is 0.310 e. The summed E-state index contributed by atoms with van der Waals surface area (Å²) < 4.78 is 5.13. The minimum atomic E-state index is -0.0475. The van der Waals surface area contributed by atoms with E-state index in [-0.39, 0.29) is 5.41 Å². The molecule has 0 spiro atoms. The lowest BCUT2D eigenvalue weighted by Gasteiger charge is -2.27. The van der Waals surface area contributed by atoms with Crippen molar-refractivity contribution in [2.24, 2.45) is 0 Å². The monoisotopic (exact) mass is 782 g/mol. The number of thiophene rings is 1. The van der Waals surface area contributed by atoms with E-state index < -0.39 is 0 Å². The van der Waals surface area contributed by atoms with Crippen LogP contribution in [-0.4, -0.2) is 4.40 Å². The highest BCUT2D eigenvalue weighted by Gasteiger charge is 2.35. The Bertz CT molecular complexity index is 3680. The summed E-state index contributed by atoms with van der Waals surface area (Å²) in [4.78, 5) is 2.46. The SMILES string of the molecule is CC1(C)c2ccccc2-c2ccc(-c3ccc(N(c4ccc(-c5ccc6sc7ccccc7c6c5)cc4)c4ccc5c6ccccc6n6c7ccccc7c4c56)cc3)cc21. The van der Waals surface area contributed by atoms with Crippen LogP contribution in [0.2, 0.25) is 0 Å². The number of fused-ring (bicyclic) bond motifs is 12. The second-order valence-electron chi connectivity index (χ2n) is 16.9. The molecule has 0 radical (unpaired) electrons. The number of para-hydroxylation sites is 2. The summed E-state index contributed by atoms with van der Waals surface area (Å²) in [5.74, 6) is 0. The number of nitrogens with zero attached hydrogens (tertiary/aromatic N) is 2. The molecule has 3 heteroatoms. The molecule has 2 nitrogen and oxygen atoms in total. The van der Waals surface area contributed by atoms with Crippen molar-refractivity contribution in [2.75, 3.05) is 4.90 Å². The lowest BCUT2D eigenvalue weighted by Crippen LogP contribution is -2.14. The number of rotatable bonds is 5. The third kappa shape index (κ3) is 4.70. The maximum Gasteiger partial charge on any atom is 0.0641 e. The van der Waals surface area contributed by atoms with Crippen LogP contribution in [0.4, 0.5) is 17.1 Å². The highest BCUT2D eigenvalue weighted by molar-refractivity contribution is 7.25. The van der Waals surface area contributed by atoms with Crippen LogP contribution in [0.3, 0.4) is 0 Å². The van der Waals surface area contributed by atoms with Gasteiger partial charge in [-0.3, -0.25) is 0 Å². The Morgan fingerprint density at radius 3 is 1.75 bits per heavy atom. The van der Waals surface area contributed by atoms with Gasteiger partial charge >= 0.3 is 0 Å². The summed E-state index contributed by atoms with van der Waals surface area (Å²) in [6, 6.07) is 72.4. The van der Waals surface area contributed by atoms with Crippen LogP contribution < -0.4 is 4.90 Å². The van der Waals surface area contributed by atoms with Gasteiger partial charge in [-0.2, -0.15) is 0 Å². The van der Waals surface area contributed by atoms with E-state index in [1.54, 1.807) is 0 Å². The average molecular weight is 783 g/mol. The second-order valence-corrected chi connectivity index (χ2v) is 18.0. The third-order valence-corrected chi connectivity index (χ3v) is 14.5. The van der Waals surface area contributed by atoms with Crippen LogP contribution in [0.1, 0.15) is 25.0 Å². The Hall–Kier alpha value is -7.20. The van der Waals surface area contributed by atoms with Gasteiger partial charge in [0.15, 0.2) is 0 Å². The van der Waals surface area contributed by atoms with E-state index in [1.165, 1.54) is 108 Å². The van der Waals surface area contributed by atoms with Gasteiger partial charge in [0.05, 0.1) is 22.2 Å². The molecule has 0 N–H and O–H groups in total. The Kier molecular flexibility index (Phi) is 6.98. The minimum absolute atomic E-state index is 0.0475. The van der Waals surface area contributed by atoms with Gasteiger partial charge in [0.25, 0.3) is 0 Å². The first-order valence-corrected chi connectivity index (χ1v) is 21.7.